The van der Waals surface area contributed by atoms with E-state index >= 15 is 0 Å². The summed E-state index contributed by atoms with van der Waals surface area (Å²) in [5, 5.41) is 4.20. The lowest BCUT2D eigenvalue weighted by molar-refractivity contribution is 0.247. The number of ether oxygens (including phenoxy) is 2. The third-order valence-corrected chi connectivity index (χ3v) is 11.3. The van der Waals surface area contributed by atoms with E-state index in [0.717, 1.165) is 24.8 Å². The predicted molar refractivity (Wildman–Crippen MR) is 162 cm³/mol. The molecule has 0 aromatic heterocycles. The topological polar surface area (TPSA) is 18.5 Å². The maximum absolute atomic E-state index is 13.1. The molecule has 0 radical (unpaired) electrons. The van der Waals surface area contributed by atoms with E-state index in [-0.39, 0.29) is 5.82 Å². The first-order valence-corrected chi connectivity index (χ1v) is 15.4. The van der Waals surface area contributed by atoms with Crippen molar-refractivity contribution in [1.82, 2.24) is 0 Å². The van der Waals surface area contributed by atoms with E-state index in [1.54, 1.807) is 12.1 Å². The molecule has 5 aromatic rings. The summed E-state index contributed by atoms with van der Waals surface area (Å²) in [5.74, 6) is 1.28. The highest BCUT2D eigenvalue weighted by atomic mass is 31.2. The van der Waals surface area contributed by atoms with Crippen molar-refractivity contribution in [3.05, 3.63) is 151 Å². The Labute approximate surface area is 231 Å². The normalized spacial score (nSPS) is 11.2. The van der Waals surface area contributed by atoms with Crippen molar-refractivity contribution in [2.24, 2.45) is 0 Å². The minimum atomic E-state index is -1.88. The lowest BCUT2D eigenvalue weighted by Gasteiger charge is -2.27. The van der Waals surface area contributed by atoms with Crippen LogP contribution < -0.4 is 25.4 Å². The largest absolute Gasteiger partial charge is 0.493 e. The monoisotopic (exact) mass is 535 g/mol. The Balaban J connectivity index is 1.30. The van der Waals surface area contributed by atoms with E-state index in [2.05, 4.69) is 109 Å². The van der Waals surface area contributed by atoms with Crippen LogP contribution in [0, 0.1) is 5.82 Å². The molecule has 0 unspecified atom stereocenters. The minimum Gasteiger partial charge on any atom is -0.493 e. The molecule has 0 spiro atoms. The Kier molecular flexibility index (Phi) is 9.04. The first-order chi connectivity index (χ1) is 19.2. The Morgan fingerprint density at radius 3 is 1.56 bits per heavy atom. The third kappa shape index (κ3) is 6.74. The molecule has 0 bridgehead atoms. The zero-order valence-electron chi connectivity index (χ0n) is 22.0. The van der Waals surface area contributed by atoms with Crippen LogP contribution >= 0.6 is 7.26 Å². The standard InChI is InChI=1S/C35H33FO2P/c36-30-20-22-31(23-21-30)37-25-11-26-38-32-13-10-12-29(28-32)24-27-39(33-14-4-1-5-15-33,34-16-6-2-7-17-34)35-18-8-3-9-19-35/h1-10,12-23,28H,11,24-27H2/q+1. The van der Waals surface area contributed by atoms with Crippen molar-refractivity contribution in [2.45, 2.75) is 12.8 Å². The van der Waals surface area contributed by atoms with E-state index in [9.17, 15) is 4.39 Å². The summed E-state index contributed by atoms with van der Waals surface area (Å²) in [4.78, 5) is 0. The summed E-state index contributed by atoms with van der Waals surface area (Å²) in [7, 11) is -1.88. The number of hydrogen-bond acceptors (Lipinski definition) is 2. The van der Waals surface area contributed by atoms with Crippen LogP contribution in [0.15, 0.2) is 140 Å². The van der Waals surface area contributed by atoms with Crippen molar-refractivity contribution in [1.29, 1.82) is 0 Å². The molecule has 0 saturated carbocycles. The molecule has 2 nitrogen and oxygen atoms in total. The third-order valence-electron chi connectivity index (χ3n) is 6.87. The second-order valence-electron chi connectivity index (χ2n) is 9.44. The SMILES string of the molecule is Fc1ccc(OCCCOc2cccc(CC[P+](c3ccccc3)(c3ccccc3)c3ccccc3)c2)cc1. The fourth-order valence-corrected chi connectivity index (χ4v) is 9.25. The molecule has 5 rings (SSSR count). The van der Waals surface area contributed by atoms with Gasteiger partial charge in [-0.3, -0.25) is 0 Å². The number of halogens is 1. The van der Waals surface area contributed by atoms with Gasteiger partial charge in [0.15, 0.2) is 0 Å². The van der Waals surface area contributed by atoms with Crippen molar-refractivity contribution < 1.29 is 13.9 Å². The van der Waals surface area contributed by atoms with Crippen LogP contribution in [-0.4, -0.2) is 19.4 Å². The predicted octanol–water partition coefficient (Wildman–Crippen LogP) is 7.21. The van der Waals surface area contributed by atoms with Crippen molar-refractivity contribution >= 4 is 23.2 Å². The molecule has 0 aliphatic rings. The smallest absolute Gasteiger partial charge is 0.123 e. The molecular formula is C35H33FO2P+. The first kappa shape index (κ1) is 26.7. The number of aryl methyl sites for hydroxylation is 1. The van der Waals surface area contributed by atoms with E-state index in [0.29, 0.717) is 19.0 Å². The zero-order chi connectivity index (χ0) is 26.8. The molecule has 4 heteroatoms. The number of hydrogen-bond donors (Lipinski definition) is 0. The van der Waals surface area contributed by atoms with Gasteiger partial charge in [-0.05, 0) is 78.4 Å². The van der Waals surface area contributed by atoms with E-state index in [4.69, 9.17) is 9.47 Å². The molecule has 0 aliphatic heterocycles. The Bertz CT molecular complexity index is 1330. The Morgan fingerprint density at radius 1 is 0.513 bits per heavy atom. The molecule has 5 aromatic carbocycles. The molecule has 39 heavy (non-hydrogen) atoms. The molecule has 196 valence electrons. The highest BCUT2D eigenvalue weighted by Gasteiger charge is 2.44. The molecule has 0 aliphatic carbocycles. The fraction of sp³-hybridized carbons (Fsp3) is 0.143. The van der Waals surface area contributed by atoms with Crippen LogP contribution in [0.25, 0.3) is 0 Å². The van der Waals surface area contributed by atoms with Gasteiger partial charge >= 0.3 is 0 Å². The highest BCUT2D eigenvalue weighted by Crippen LogP contribution is 2.55. The average molecular weight is 536 g/mol. The van der Waals surface area contributed by atoms with Gasteiger partial charge in [-0.2, -0.15) is 0 Å². The summed E-state index contributed by atoms with van der Waals surface area (Å²) in [6, 6.07) is 47.5. The van der Waals surface area contributed by atoms with Gasteiger partial charge in [0, 0.05) is 12.8 Å². The van der Waals surface area contributed by atoms with Crippen LogP contribution in [0.2, 0.25) is 0 Å². The van der Waals surface area contributed by atoms with Crippen LogP contribution in [0.5, 0.6) is 11.5 Å². The van der Waals surface area contributed by atoms with Crippen LogP contribution in [0.1, 0.15) is 12.0 Å². The second-order valence-corrected chi connectivity index (χ2v) is 13.1. The summed E-state index contributed by atoms with van der Waals surface area (Å²) in [5.41, 5.74) is 1.27. The summed E-state index contributed by atoms with van der Waals surface area (Å²) in [6.45, 7) is 1.07. The Hall–Kier alpha value is -3.94. The van der Waals surface area contributed by atoms with Gasteiger partial charge in [-0.15, -0.1) is 0 Å². The summed E-state index contributed by atoms with van der Waals surface area (Å²) < 4.78 is 24.8. The van der Waals surface area contributed by atoms with Crippen molar-refractivity contribution in [2.75, 3.05) is 19.4 Å². The first-order valence-electron chi connectivity index (χ1n) is 13.4. The van der Waals surface area contributed by atoms with Gasteiger partial charge in [0.2, 0.25) is 0 Å². The molecule has 0 N–H and O–H groups in total. The number of benzene rings is 5. The van der Waals surface area contributed by atoms with Gasteiger partial charge in [-0.25, -0.2) is 4.39 Å². The maximum Gasteiger partial charge on any atom is 0.123 e. The van der Waals surface area contributed by atoms with Crippen LogP contribution in [-0.2, 0) is 6.42 Å². The van der Waals surface area contributed by atoms with E-state index < -0.39 is 7.26 Å². The molecule has 0 atom stereocenters. The summed E-state index contributed by atoms with van der Waals surface area (Å²) >= 11 is 0. The molecular weight excluding hydrogens is 502 g/mol. The lowest BCUT2D eigenvalue weighted by Crippen LogP contribution is -2.34. The van der Waals surface area contributed by atoms with Gasteiger partial charge in [0.05, 0.1) is 19.4 Å². The fourth-order valence-electron chi connectivity index (χ4n) is 4.94. The average Bonchev–Trinajstić information content (AvgIpc) is 3.00. The molecule has 0 saturated heterocycles. The van der Waals surface area contributed by atoms with Gasteiger partial charge in [-0.1, -0.05) is 66.7 Å². The number of rotatable bonds is 12. The van der Waals surface area contributed by atoms with Gasteiger partial charge in [0.1, 0.15) is 40.5 Å². The lowest BCUT2D eigenvalue weighted by atomic mass is 10.2. The van der Waals surface area contributed by atoms with Crippen LogP contribution in [0.4, 0.5) is 4.39 Å². The summed E-state index contributed by atoms with van der Waals surface area (Å²) in [6.07, 6.45) is 2.71. The quantitative estimate of drug-likeness (QED) is 0.124. The van der Waals surface area contributed by atoms with Crippen molar-refractivity contribution in [3.63, 3.8) is 0 Å². The molecule has 0 heterocycles. The zero-order valence-corrected chi connectivity index (χ0v) is 22.9. The van der Waals surface area contributed by atoms with E-state index in [1.165, 1.54) is 33.6 Å². The Morgan fingerprint density at radius 2 is 1.03 bits per heavy atom. The van der Waals surface area contributed by atoms with Crippen LogP contribution in [0.3, 0.4) is 0 Å². The van der Waals surface area contributed by atoms with Gasteiger partial charge in [0.25, 0.3) is 0 Å². The van der Waals surface area contributed by atoms with Crippen molar-refractivity contribution in [3.8, 4) is 11.5 Å². The maximum atomic E-state index is 13.1. The minimum absolute atomic E-state index is 0.263. The van der Waals surface area contributed by atoms with E-state index in [1.807, 2.05) is 6.07 Å². The van der Waals surface area contributed by atoms with Gasteiger partial charge < -0.3 is 9.47 Å². The molecule has 0 fully saturated rings. The molecule has 0 amide bonds. The second kappa shape index (κ2) is 13.2. The highest BCUT2D eigenvalue weighted by molar-refractivity contribution is 7.95.